The molecule has 122 valence electrons. The zero-order chi connectivity index (χ0) is 16.4. The highest BCUT2D eigenvalue weighted by Gasteiger charge is 2.25. The molecule has 1 heterocycles. The largest absolute Gasteiger partial charge is 0.326 e. The molecule has 0 bridgehead atoms. The van der Waals surface area contributed by atoms with Gasteiger partial charge in [-0.2, -0.15) is 0 Å². The van der Waals surface area contributed by atoms with E-state index < -0.39 is 0 Å². The number of hydrogen-bond acceptors (Lipinski definition) is 3. The number of carbonyl (C=O) groups is 1. The van der Waals surface area contributed by atoms with Crippen LogP contribution in [0.15, 0.2) is 53.5 Å². The van der Waals surface area contributed by atoms with E-state index in [1.807, 2.05) is 30.3 Å². The first-order valence-electron chi connectivity index (χ1n) is 8.58. The Bertz CT molecular complexity index is 783. The fourth-order valence-electron chi connectivity index (χ4n) is 3.52. The monoisotopic (exact) mass is 319 g/mol. The highest BCUT2D eigenvalue weighted by molar-refractivity contribution is 6.06. The van der Waals surface area contributed by atoms with Gasteiger partial charge in [-0.3, -0.25) is 14.7 Å². The maximum absolute atomic E-state index is 12.7. The van der Waals surface area contributed by atoms with E-state index in [0.29, 0.717) is 25.5 Å². The summed E-state index contributed by atoms with van der Waals surface area (Å²) in [5.41, 5.74) is 4.93. The summed E-state index contributed by atoms with van der Waals surface area (Å²) >= 11 is 0. The molecule has 0 fully saturated rings. The van der Waals surface area contributed by atoms with Crippen molar-refractivity contribution in [3.63, 3.8) is 0 Å². The number of nitrogens with one attached hydrogen (secondary N) is 1. The maximum Gasteiger partial charge on any atom is 0.233 e. The van der Waals surface area contributed by atoms with Crippen LogP contribution >= 0.6 is 0 Å². The lowest BCUT2D eigenvalue weighted by Crippen LogP contribution is -2.39. The number of anilines is 1. The Labute approximate surface area is 142 Å². The van der Waals surface area contributed by atoms with Gasteiger partial charge in [0.15, 0.2) is 0 Å². The summed E-state index contributed by atoms with van der Waals surface area (Å²) in [6, 6.07) is 16.2. The van der Waals surface area contributed by atoms with E-state index in [2.05, 4.69) is 28.5 Å². The molecular formula is C20H21N3O. The Morgan fingerprint density at radius 2 is 1.96 bits per heavy atom. The second-order valence-electron chi connectivity index (χ2n) is 6.33. The average Bonchev–Trinajstić information content (AvgIpc) is 3.25. The van der Waals surface area contributed by atoms with Crippen LogP contribution < -0.4 is 5.32 Å². The summed E-state index contributed by atoms with van der Waals surface area (Å²) in [6.45, 7) is 1.32. The quantitative estimate of drug-likeness (QED) is 0.945. The lowest BCUT2D eigenvalue weighted by molar-refractivity contribution is -0.126. The lowest BCUT2D eigenvalue weighted by atomic mass is 10.1. The molecule has 1 N–H and O–H groups in total. The minimum atomic E-state index is 0.0949. The summed E-state index contributed by atoms with van der Waals surface area (Å²) < 4.78 is 0. The van der Waals surface area contributed by atoms with Gasteiger partial charge in [-0.15, -0.1) is 0 Å². The van der Waals surface area contributed by atoms with Crippen LogP contribution in [0.5, 0.6) is 0 Å². The van der Waals surface area contributed by atoms with Gasteiger partial charge in [0.05, 0.1) is 13.0 Å². The molecule has 0 radical (unpaired) electrons. The first kappa shape index (κ1) is 14.9. The van der Waals surface area contributed by atoms with Gasteiger partial charge in [0, 0.05) is 12.2 Å². The molecule has 4 rings (SSSR count). The van der Waals surface area contributed by atoms with Gasteiger partial charge in [0.1, 0.15) is 0 Å². The number of guanidine groups is 1. The number of aryl methyl sites for hydroxylation is 1. The highest BCUT2D eigenvalue weighted by Crippen LogP contribution is 2.29. The number of carbonyl (C=O) groups excluding carboxylic acids is 1. The molecule has 0 saturated heterocycles. The molecule has 4 nitrogen and oxygen atoms in total. The molecular weight excluding hydrogens is 298 g/mol. The molecule has 0 unspecified atom stereocenters. The van der Waals surface area contributed by atoms with E-state index in [-0.39, 0.29) is 5.91 Å². The second-order valence-corrected chi connectivity index (χ2v) is 6.33. The van der Waals surface area contributed by atoms with Crippen LogP contribution in [0.25, 0.3) is 0 Å². The van der Waals surface area contributed by atoms with Gasteiger partial charge in [0.25, 0.3) is 0 Å². The number of aliphatic imine (C=N–C) groups is 1. The van der Waals surface area contributed by atoms with Gasteiger partial charge >= 0.3 is 0 Å². The smallest absolute Gasteiger partial charge is 0.233 e. The lowest BCUT2D eigenvalue weighted by Gasteiger charge is -2.20. The van der Waals surface area contributed by atoms with Crippen LogP contribution in [0.4, 0.5) is 5.69 Å². The highest BCUT2D eigenvalue weighted by atomic mass is 16.2. The fraction of sp³-hybridized carbons (Fsp3) is 0.300. The minimum Gasteiger partial charge on any atom is -0.326 e. The summed E-state index contributed by atoms with van der Waals surface area (Å²) in [6.07, 6.45) is 3.86. The Balaban J connectivity index is 1.49. The summed E-state index contributed by atoms with van der Waals surface area (Å²) in [5.74, 6) is 0.786. The molecule has 2 aromatic carbocycles. The van der Waals surface area contributed by atoms with Crippen LogP contribution in [0, 0.1) is 0 Å². The Kier molecular flexibility index (Phi) is 4.03. The van der Waals surface area contributed by atoms with Crippen molar-refractivity contribution in [2.45, 2.75) is 25.7 Å². The van der Waals surface area contributed by atoms with E-state index in [0.717, 1.165) is 24.1 Å². The van der Waals surface area contributed by atoms with E-state index in [1.54, 1.807) is 4.90 Å². The first-order chi connectivity index (χ1) is 11.8. The van der Waals surface area contributed by atoms with Crippen molar-refractivity contribution in [1.29, 1.82) is 0 Å². The third-order valence-corrected chi connectivity index (χ3v) is 4.73. The Morgan fingerprint density at radius 1 is 1.08 bits per heavy atom. The van der Waals surface area contributed by atoms with Crippen molar-refractivity contribution in [2.24, 2.45) is 4.99 Å². The van der Waals surface area contributed by atoms with Gasteiger partial charge in [0.2, 0.25) is 11.9 Å². The topological polar surface area (TPSA) is 44.7 Å². The van der Waals surface area contributed by atoms with Crippen LogP contribution in [0.1, 0.15) is 23.1 Å². The molecule has 2 aliphatic rings. The maximum atomic E-state index is 12.7. The number of fused-ring (bicyclic) bond motifs is 1. The van der Waals surface area contributed by atoms with Crippen LogP contribution in [0.2, 0.25) is 0 Å². The standard InChI is InChI=1S/C20H21N3O/c24-19(14-15-6-2-1-3-7-15)23-13-12-21-20(23)22-18-11-5-9-16-8-4-10-17(16)18/h1-3,5-7,9,11H,4,8,10,12-14H2,(H,21,22). The third-order valence-electron chi connectivity index (χ3n) is 4.73. The molecule has 1 aliphatic carbocycles. The number of rotatable bonds is 3. The minimum absolute atomic E-state index is 0.0949. The summed E-state index contributed by atoms with van der Waals surface area (Å²) in [4.78, 5) is 18.9. The second kappa shape index (κ2) is 6.48. The first-order valence-corrected chi connectivity index (χ1v) is 8.58. The number of amides is 1. The van der Waals surface area contributed by atoms with Crippen molar-refractivity contribution in [3.8, 4) is 0 Å². The average molecular weight is 319 g/mol. The fourth-order valence-corrected chi connectivity index (χ4v) is 3.52. The van der Waals surface area contributed by atoms with Gasteiger partial charge in [-0.25, -0.2) is 0 Å². The zero-order valence-corrected chi connectivity index (χ0v) is 13.7. The number of hydrogen-bond donors (Lipinski definition) is 1. The predicted octanol–water partition coefficient (Wildman–Crippen LogP) is 3.03. The van der Waals surface area contributed by atoms with Crippen molar-refractivity contribution in [2.75, 3.05) is 18.4 Å². The van der Waals surface area contributed by atoms with Crippen molar-refractivity contribution in [1.82, 2.24) is 4.90 Å². The normalized spacial score (nSPS) is 16.0. The van der Waals surface area contributed by atoms with Gasteiger partial charge in [-0.05, 0) is 42.0 Å². The van der Waals surface area contributed by atoms with Crippen LogP contribution in [0.3, 0.4) is 0 Å². The Morgan fingerprint density at radius 3 is 2.83 bits per heavy atom. The molecule has 0 spiro atoms. The molecule has 2 aromatic rings. The number of benzene rings is 2. The Hall–Kier alpha value is -2.62. The van der Waals surface area contributed by atoms with Crippen LogP contribution in [-0.4, -0.2) is 29.9 Å². The molecule has 1 amide bonds. The molecule has 0 saturated carbocycles. The van der Waals surface area contributed by atoms with E-state index in [1.165, 1.54) is 17.5 Å². The van der Waals surface area contributed by atoms with Crippen molar-refractivity contribution >= 4 is 17.6 Å². The van der Waals surface area contributed by atoms with E-state index >= 15 is 0 Å². The molecule has 4 heteroatoms. The molecule has 0 aromatic heterocycles. The SMILES string of the molecule is O=C(Cc1ccccc1)N1CCN=C1Nc1cccc2c1CCC2. The van der Waals surface area contributed by atoms with Crippen molar-refractivity contribution < 1.29 is 4.79 Å². The summed E-state index contributed by atoms with van der Waals surface area (Å²) in [5, 5.41) is 3.41. The van der Waals surface area contributed by atoms with Crippen LogP contribution in [-0.2, 0) is 24.1 Å². The predicted molar refractivity (Wildman–Crippen MR) is 96.3 cm³/mol. The molecule has 1 aliphatic heterocycles. The number of nitrogens with zero attached hydrogens (tertiary/aromatic N) is 2. The van der Waals surface area contributed by atoms with Crippen molar-refractivity contribution in [3.05, 3.63) is 65.2 Å². The third kappa shape index (κ3) is 2.92. The van der Waals surface area contributed by atoms with E-state index in [9.17, 15) is 4.79 Å². The zero-order valence-electron chi connectivity index (χ0n) is 13.7. The van der Waals surface area contributed by atoms with E-state index in [4.69, 9.17) is 0 Å². The molecule has 0 atom stereocenters. The summed E-state index contributed by atoms with van der Waals surface area (Å²) in [7, 11) is 0. The molecule has 24 heavy (non-hydrogen) atoms. The van der Waals surface area contributed by atoms with Gasteiger partial charge in [-0.1, -0.05) is 42.5 Å². The van der Waals surface area contributed by atoms with Gasteiger partial charge < -0.3 is 5.32 Å².